The van der Waals surface area contributed by atoms with Gasteiger partial charge in [0.25, 0.3) is 5.91 Å². The zero-order valence-corrected chi connectivity index (χ0v) is 18.8. The fourth-order valence-corrected chi connectivity index (χ4v) is 3.74. The van der Waals surface area contributed by atoms with E-state index in [9.17, 15) is 14.4 Å². The molecule has 1 saturated heterocycles. The number of rotatable bonds is 9. The van der Waals surface area contributed by atoms with Gasteiger partial charge in [0.15, 0.2) is 11.5 Å². The van der Waals surface area contributed by atoms with E-state index < -0.39 is 0 Å². The first kappa shape index (κ1) is 22.7. The van der Waals surface area contributed by atoms with Crippen LogP contribution < -0.4 is 20.7 Å². The molecule has 2 aliphatic rings. The largest absolute Gasteiger partial charge is 0.494 e. The maximum absolute atomic E-state index is 12.8. The molecule has 2 aromatic rings. The average molecular weight is 453 g/mol. The summed E-state index contributed by atoms with van der Waals surface area (Å²) in [6, 6.07) is 6.80. The summed E-state index contributed by atoms with van der Waals surface area (Å²) < 4.78 is 10.9. The summed E-state index contributed by atoms with van der Waals surface area (Å²) >= 11 is 0. The van der Waals surface area contributed by atoms with Crippen molar-refractivity contribution in [3.8, 4) is 5.75 Å². The van der Waals surface area contributed by atoms with Crippen LogP contribution in [-0.4, -0.2) is 49.4 Å². The molecule has 1 unspecified atom stereocenters. The number of amides is 2. The van der Waals surface area contributed by atoms with Gasteiger partial charge >= 0.3 is 0 Å². The summed E-state index contributed by atoms with van der Waals surface area (Å²) in [7, 11) is 1.49. The highest BCUT2D eigenvalue weighted by atomic mass is 16.5. The van der Waals surface area contributed by atoms with Crippen molar-refractivity contribution in [2.75, 3.05) is 37.5 Å². The fraction of sp³-hybridized carbons (Fsp3) is 0.417. The van der Waals surface area contributed by atoms with Gasteiger partial charge in [0.2, 0.25) is 5.91 Å². The number of aromatic nitrogens is 1. The summed E-state index contributed by atoms with van der Waals surface area (Å²) in [5.74, 6) is 0.534. The summed E-state index contributed by atoms with van der Waals surface area (Å²) in [6.45, 7) is 3.34. The van der Waals surface area contributed by atoms with Crippen molar-refractivity contribution in [2.45, 2.75) is 26.2 Å². The maximum Gasteiger partial charge on any atom is 0.255 e. The third kappa shape index (κ3) is 5.48. The molecule has 33 heavy (non-hydrogen) atoms. The maximum atomic E-state index is 12.8. The lowest BCUT2D eigenvalue weighted by molar-refractivity contribution is -0.117. The Morgan fingerprint density at radius 3 is 2.64 bits per heavy atom. The normalized spacial score (nSPS) is 17.3. The van der Waals surface area contributed by atoms with E-state index in [-0.39, 0.29) is 23.5 Å². The average Bonchev–Trinajstić information content (AvgIpc) is 3.53. The van der Waals surface area contributed by atoms with Crippen molar-refractivity contribution in [2.24, 2.45) is 11.8 Å². The standard InChI is InChI=1S/C24H28N4O5/c1-14(29)18-12-25-21(28-23(30)16-6-7-16)10-20(18)27-19-5-3-4-17(22(19)32-2)24(31)26-11-15-8-9-33-13-15/h3-5,10,12,15-16H,6-9,11,13H2,1-2H3,(H,26,31)(H2,25,27,28,30). The number of carbonyl (C=O) groups is 3. The molecule has 1 aliphatic carbocycles. The van der Waals surface area contributed by atoms with Crippen LogP contribution in [0.3, 0.4) is 0 Å². The van der Waals surface area contributed by atoms with E-state index >= 15 is 0 Å². The number of nitrogens with zero attached hydrogens (tertiary/aromatic N) is 1. The molecule has 2 fully saturated rings. The number of methoxy groups -OCH3 is 1. The predicted octanol–water partition coefficient (Wildman–Crippen LogP) is 3.15. The predicted molar refractivity (Wildman–Crippen MR) is 123 cm³/mol. The molecule has 1 aliphatic heterocycles. The van der Waals surface area contributed by atoms with Gasteiger partial charge in [-0.25, -0.2) is 4.98 Å². The lowest BCUT2D eigenvalue weighted by Gasteiger charge is -2.17. The van der Waals surface area contributed by atoms with E-state index in [4.69, 9.17) is 9.47 Å². The second-order valence-corrected chi connectivity index (χ2v) is 8.39. The smallest absolute Gasteiger partial charge is 0.255 e. The minimum atomic E-state index is -0.249. The van der Waals surface area contributed by atoms with E-state index in [1.807, 2.05) is 0 Å². The van der Waals surface area contributed by atoms with Gasteiger partial charge in [-0.15, -0.1) is 0 Å². The zero-order valence-electron chi connectivity index (χ0n) is 18.8. The number of benzene rings is 1. The Hall–Kier alpha value is -3.46. The summed E-state index contributed by atoms with van der Waals surface area (Å²) in [4.78, 5) is 41.3. The quantitative estimate of drug-likeness (QED) is 0.500. The number of hydrogen-bond donors (Lipinski definition) is 3. The third-order valence-corrected chi connectivity index (χ3v) is 5.79. The Morgan fingerprint density at radius 2 is 1.97 bits per heavy atom. The molecule has 0 bridgehead atoms. The highest BCUT2D eigenvalue weighted by molar-refractivity contribution is 6.03. The molecule has 1 saturated carbocycles. The number of nitrogens with one attached hydrogen (secondary N) is 3. The van der Waals surface area contributed by atoms with E-state index in [1.54, 1.807) is 24.3 Å². The van der Waals surface area contributed by atoms with Crippen LogP contribution in [0.5, 0.6) is 5.75 Å². The van der Waals surface area contributed by atoms with E-state index in [2.05, 4.69) is 20.9 Å². The first-order valence-corrected chi connectivity index (χ1v) is 11.1. The lowest BCUT2D eigenvalue weighted by atomic mass is 10.1. The molecule has 174 valence electrons. The van der Waals surface area contributed by atoms with Crippen LogP contribution in [0.2, 0.25) is 0 Å². The van der Waals surface area contributed by atoms with Gasteiger partial charge in [0, 0.05) is 37.3 Å². The second kappa shape index (κ2) is 9.99. The summed E-state index contributed by atoms with van der Waals surface area (Å²) in [5.41, 5.74) is 1.71. The van der Waals surface area contributed by atoms with Crippen molar-refractivity contribution in [3.63, 3.8) is 0 Å². The molecule has 4 rings (SSSR count). The van der Waals surface area contributed by atoms with E-state index in [0.717, 1.165) is 25.9 Å². The first-order chi connectivity index (χ1) is 16.0. The number of ether oxygens (including phenoxy) is 2. The Bertz CT molecular complexity index is 1060. The van der Waals surface area contributed by atoms with Gasteiger partial charge in [0.05, 0.1) is 36.2 Å². The number of pyridine rings is 1. The number of Topliss-reactive ketones (excluding diaryl/α,β-unsaturated/α-hetero) is 1. The van der Waals surface area contributed by atoms with Crippen LogP contribution in [0.25, 0.3) is 0 Å². The number of hydrogen-bond acceptors (Lipinski definition) is 7. The van der Waals surface area contributed by atoms with Crippen molar-refractivity contribution in [1.29, 1.82) is 0 Å². The van der Waals surface area contributed by atoms with Crippen molar-refractivity contribution in [1.82, 2.24) is 10.3 Å². The van der Waals surface area contributed by atoms with E-state index in [1.165, 1.54) is 20.2 Å². The van der Waals surface area contributed by atoms with Crippen molar-refractivity contribution >= 4 is 34.8 Å². The molecule has 3 N–H and O–H groups in total. The molecule has 9 nitrogen and oxygen atoms in total. The SMILES string of the molecule is COc1c(Nc2cc(NC(=O)C3CC3)ncc2C(C)=O)cccc1C(=O)NCC1CCOC1. The summed E-state index contributed by atoms with van der Waals surface area (Å²) in [5, 5.41) is 8.92. The fourth-order valence-electron chi connectivity index (χ4n) is 3.74. The second-order valence-electron chi connectivity index (χ2n) is 8.39. The van der Waals surface area contributed by atoms with E-state index in [0.29, 0.717) is 53.1 Å². The number of para-hydroxylation sites is 1. The third-order valence-electron chi connectivity index (χ3n) is 5.79. The van der Waals surface area contributed by atoms with Crippen molar-refractivity contribution < 1.29 is 23.9 Å². The first-order valence-electron chi connectivity index (χ1n) is 11.1. The molecular formula is C24H28N4O5. The lowest BCUT2D eigenvalue weighted by Crippen LogP contribution is -2.29. The molecule has 9 heteroatoms. The summed E-state index contributed by atoms with van der Waals surface area (Å²) in [6.07, 6.45) is 4.11. The Labute approximate surface area is 192 Å². The Morgan fingerprint density at radius 1 is 1.15 bits per heavy atom. The van der Waals surface area contributed by atoms with Crippen LogP contribution in [0.1, 0.15) is 46.9 Å². The molecular weight excluding hydrogens is 424 g/mol. The topological polar surface area (TPSA) is 119 Å². The molecule has 1 aromatic carbocycles. The van der Waals surface area contributed by atoms with Crippen LogP contribution in [0, 0.1) is 11.8 Å². The van der Waals surface area contributed by atoms with Gasteiger partial charge in [-0.3, -0.25) is 14.4 Å². The van der Waals surface area contributed by atoms with Crippen LogP contribution in [0.4, 0.5) is 17.2 Å². The molecule has 1 aromatic heterocycles. The molecule has 1 atom stereocenters. The number of anilines is 3. The van der Waals surface area contributed by atoms with Gasteiger partial charge in [-0.2, -0.15) is 0 Å². The van der Waals surface area contributed by atoms with Crippen LogP contribution in [-0.2, 0) is 9.53 Å². The number of carbonyl (C=O) groups excluding carboxylic acids is 3. The van der Waals surface area contributed by atoms with Crippen LogP contribution >= 0.6 is 0 Å². The van der Waals surface area contributed by atoms with Gasteiger partial charge in [-0.05, 0) is 38.3 Å². The highest BCUT2D eigenvalue weighted by Crippen LogP contribution is 2.34. The highest BCUT2D eigenvalue weighted by Gasteiger charge is 2.30. The Balaban J connectivity index is 1.57. The van der Waals surface area contributed by atoms with Gasteiger partial charge < -0.3 is 25.4 Å². The molecule has 0 radical (unpaired) electrons. The monoisotopic (exact) mass is 452 g/mol. The minimum absolute atomic E-state index is 0.0294. The molecule has 0 spiro atoms. The zero-order chi connectivity index (χ0) is 23.4. The van der Waals surface area contributed by atoms with Crippen molar-refractivity contribution in [3.05, 3.63) is 41.6 Å². The van der Waals surface area contributed by atoms with Gasteiger partial charge in [-0.1, -0.05) is 6.07 Å². The molecule has 2 amide bonds. The number of ketones is 1. The van der Waals surface area contributed by atoms with Crippen LogP contribution in [0.15, 0.2) is 30.5 Å². The van der Waals surface area contributed by atoms with Gasteiger partial charge in [0.1, 0.15) is 5.82 Å². The minimum Gasteiger partial charge on any atom is -0.494 e. The molecule has 2 heterocycles. The Kier molecular flexibility index (Phi) is 6.88.